The molecule has 1 saturated heterocycles. The molecule has 1 aliphatic carbocycles. The number of hydrogen-bond donors (Lipinski definition) is 0. The molecule has 1 fully saturated rings. The number of Topliss-reactive ketones (excluding diaryl/α,β-unsaturated/α-hetero) is 1. The van der Waals surface area contributed by atoms with Gasteiger partial charge in [-0.2, -0.15) is 5.01 Å². The van der Waals surface area contributed by atoms with E-state index in [0.29, 0.717) is 17.7 Å². The van der Waals surface area contributed by atoms with Gasteiger partial charge in [0.15, 0.2) is 5.78 Å². The van der Waals surface area contributed by atoms with Crippen molar-refractivity contribution in [2.75, 3.05) is 6.54 Å². The van der Waals surface area contributed by atoms with E-state index in [0.717, 1.165) is 22.2 Å². The molecule has 10 heteroatoms. The number of nitro benzene ring substituents is 1. The van der Waals surface area contributed by atoms with E-state index in [9.17, 15) is 29.3 Å². The first-order valence-electron chi connectivity index (χ1n) is 9.54. The molecule has 2 aromatic rings. The molecule has 1 aliphatic heterocycles. The van der Waals surface area contributed by atoms with Crippen molar-refractivity contribution in [3.05, 3.63) is 74.5 Å². The van der Waals surface area contributed by atoms with Crippen LogP contribution in [0, 0.1) is 22.0 Å². The SMILES string of the molecule is O=C(CN(C(=O)c1ccc([N+](=O)[O-])cc1)N1C(=O)[C@H]2CC=CC[C@H]2C1=O)c1cccs1. The number of benzene rings is 1. The summed E-state index contributed by atoms with van der Waals surface area (Å²) in [6, 6.07) is 8.07. The number of allylic oxidation sites excluding steroid dienone is 2. The number of carbonyl (C=O) groups is 4. The van der Waals surface area contributed by atoms with Crippen molar-refractivity contribution in [2.45, 2.75) is 12.8 Å². The van der Waals surface area contributed by atoms with Crippen LogP contribution < -0.4 is 0 Å². The maximum Gasteiger partial charge on any atom is 0.273 e. The first-order chi connectivity index (χ1) is 14.9. The van der Waals surface area contributed by atoms with Gasteiger partial charge in [0.1, 0.15) is 6.54 Å². The maximum absolute atomic E-state index is 13.3. The molecule has 4 rings (SSSR count). The number of fused-ring (bicyclic) bond motifs is 1. The zero-order valence-corrected chi connectivity index (χ0v) is 17.0. The van der Waals surface area contributed by atoms with Crippen LogP contribution in [0.3, 0.4) is 0 Å². The van der Waals surface area contributed by atoms with Crippen molar-refractivity contribution in [3.63, 3.8) is 0 Å². The fourth-order valence-corrected chi connectivity index (χ4v) is 4.44. The Morgan fingerprint density at radius 2 is 1.68 bits per heavy atom. The number of hydrazine groups is 1. The number of amides is 3. The lowest BCUT2D eigenvalue weighted by Crippen LogP contribution is -2.52. The third kappa shape index (κ3) is 3.77. The number of non-ortho nitro benzene ring substituents is 1. The highest BCUT2D eigenvalue weighted by Gasteiger charge is 2.51. The molecule has 0 saturated carbocycles. The molecule has 1 aromatic carbocycles. The summed E-state index contributed by atoms with van der Waals surface area (Å²) in [5.41, 5.74) is -0.179. The van der Waals surface area contributed by atoms with Crippen LogP contribution >= 0.6 is 11.3 Å². The van der Waals surface area contributed by atoms with E-state index in [1.165, 1.54) is 23.5 Å². The van der Waals surface area contributed by atoms with E-state index in [2.05, 4.69) is 0 Å². The Balaban J connectivity index is 1.68. The highest BCUT2D eigenvalue weighted by atomic mass is 32.1. The first-order valence-corrected chi connectivity index (χ1v) is 10.4. The molecule has 2 aliphatic rings. The number of carbonyl (C=O) groups excluding carboxylic acids is 4. The van der Waals surface area contributed by atoms with Crippen LogP contribution in [0.5, 0.6) is 0 Å². The Hall–Kier alpha value is -3.66. The molecule has 31 heavy (non-hydrogen) atoms. The normalized spacial score (nSPS) is 19.9. The minimum Gasteiger partial charge on any atom is -0.291 e. The minimum absolute atomic E-state index is 0.0261. The van der Waals surface area contributed by atoms with Crippen LogP contribution in [-0.4, -0.2) is 45.0 Å². The van der Waals surface area contributed by atoms with Gasteiger partial charge < -0.3 is 0 Å². The van der Waals surface area contributed by atoms with Gasteiger partial charge in [0, 0.05) is 17.7 Å². The minimum atomic E-state index is -0.756. The zero-order valence-electron chi connectivity index (χ0n) is 16.2. The Morgan fingerprint density at radius 3 is 2.19 bits per heavy atom. The molecule has 1 aromatic heterocycles. The third-order valence-corrected chi connectivity index (χ3v) is 6.29. The second kappa shape index (κ2) is 8.23. The third-order valence-electron chi connectivity index (χ3n) is 5.37. The van der Waals surface area contributed by atoms with Crippen LogP contribution in [0.2, 0.25) is 0 Å². The summed E-state index contributed by atoms with van der Waals surface area (Å²) in [5, 5.41) is 14.3. The summed E-state index contributed by atoms with van der Waals surface area (Å²) in [7, 11) is 0. The molecule has 3 amide bonds. The van der Waals surface area contributed by atoms with E-state index in [1.807, 2.05) is 12.2 Å². The van der Waals surface area contributed by atoms with Crippen molar-refractivity contribution >= 4 is 40.5 Å². The van der Waals surface area contributed by atoms with Crippen molar-refractivity contribution in [2.24, 2.45) is 11.8 Å². The highest BCUT2D eigenvalue weighted by molar-refractivity contribution is 7.12. The summed E-state index contributed by atoms with van der Waals surface area (Å²) in [5.74, 6) is -3.35. The van der Waals surface area contributed by atoms with Gasteiger partial charge in [-0.3, -0.25) is 29.3 Å². The molecule has 0 spiro atoms. The van der Waals surface area contributed by atoms with Crippen LogP contribution in [0.4, 0.5) is 5.69 Å². The van der Waals surface area contributed by atoms with E-state index >= 15 is 0 Å². The van der Waals surface area contributed by atoms with E-state index in [4.69, 9.17) is 0 Å². The standard InChI is InChI=1S/C21H17N3O6S/c25-17(18-6-3-11-31-18)12-22(19(26)13-7-9-14(10-8-13)24(29)30)23-20(27)15-4-1-2-5-16(15)21(23)28/h1-3,6-11,15-16H,4-5,12H2/t15-,16+. The molecule has 0 N–H and O–H groups in total. The Labute approximate surface area is 180 Å². The summed E-state index contributed by atoms with van der Waals surface area (Å²) >= 11 is 1.19. The van der Waals surface area contributed by atoms with Crippen LogP contribution in [0.15, 0.2) is 53.9 Å². The van der Waals surface area contributed by atoms with Crippen molar-refractivity contribution in [1.29, 1.82) is 0 Å². The summed E-state index contributed by atoms with van der Waals surface area (Å²) < 4.78 is 0. The summed E-state index contributed by atoms with van der Waals surface area (Å²) in [6.45, 7) is -0.499. The molecule has 2 atom stereocenters. The van der Waals surface area contributed by atoms with Crippen LogP contribution in [0.25, 0.3) is 0 Å². The summed E-state index contributed by atoms with van der Waals surface area (Å²) in [4.78, 5) is 62.7. The fourth-order valence-electron chi connectivity index (χ4n) is 3.78. The van der Waals surface area contributed by atoms with Crippen LogP contribution in [-0.2, 0) is 9.59 Å². The second-order valence-corrected chi connectivity index (χ2v) is 8.16. The number of imide groups is 1. The molecule has 0 radical (unpaired) electrons. The summed E-state index contributed by atoms with van der Waals surface area (Å²) in [6.07, 6.45) is 4.44. The van der Waals surface area contributed by atoms with Gasteiger partial charge in [0.05, 0.1) is 21.6 Å². The van der Waals surface area contributed by atoms with Crippen LogP contribution in [0.1, 0.15) is 32.9 Å². The molecule has 0 unspecified atom stereocenters. The number of nitrogens with zero attached hydrogens (tertiary/aromatic N) is 3. The Morgan fingerprint density at radius 1 is 1.06 bits per heavy atom. The second-order valence-electron chi connectivity index (χ2n) is 7.21. The first kappa shape index (κ1) is 20.6. The number of thiophene rings is 1. The fraction of sp³-hybridized carbons (Fsp3) is 0.238. The van der Waals surface area contributed by atoms with Gasteiger partial charge in [-0.1, -0.05) is 18.2 Å². The maximum atomic E-state index is 13.3. The molecule has 158 valence electrons. The van der Waals surface area contributed by atoms with E-state index in [1.54, 1.807) is 17.5 Å². The predicted octanol–water partition coefficient (Wildman–Crippen LogP) is 2.85. The van der Waals surface area contributed by atoms with Crippen molar-refractivity contribution in [1.82, 2.24) is 10.0 Å². The molecule has 0 bridgehead atoms. The van der Waals surface area contributed by atoms with Gasteiger partial charge in [-0.15, -0.1) is 11.3 Å². The smallest absolute Gasteiger partial charge is 0.273 e. The highest BCUT2D eigenvalue weighted by Crippen LogP contribution is 2.36. The largest absolute Gasteiger partial charge is 0.291 e. The van der Waals surface area contributed by atoms with E-state index in [-0.39, 0.29) is 11.3 Å². The molecule has 9 nitrogen and oxygen atoms in total. The number of rotatable bonds is 6. The Bertz CT molecular complexity index is 1070. The van der Waals surface area contributed by atoms with Gasteiger partial charge in [0.25, 0.3) is 23.4 Å². The average molecular weight is 439 g/mol. The molecular weight excluding hydrogens is 422 g/mol. The zero-order chi connectivity index (χ0) is 22.1. The Kier molecular flexibility index (Phi) is 5.47. The van der Waals surface area contributed by atoms with Gasteiger partial charge in [-0.05, 0) is 36.4 Å². The number of ketones is 1. The number of hydrogen-bond acceptors (Lipinski definition) is 7. The van der Waals surface area contributed by atoms with Gasteiger partial charge in [-0.25, -0.2) is 5.01 Å². The monoisotopic (exact) mass is 439 g/mol. The van der Waals surface area contributed by atoms with Gasteiger partial charge >= 0.3 is 0 Å². The average Bonchev–Trinajstić information content (AvgIpc) is 3.40. The lowest BCUT2D eigenvalue weighted by atomic mass is 9.85. The number of nitro groups is 1. The van der Waals surface area contributed by atoms with Gasteiger partial charge in [0.2, 0.25) is 0 Å². The molecular formula is C21H17N3O6S. The topological polar surface area (TPSA) is 118 Å². The van der Waals surface area contributed by atoms with Crippen molar-refractivity contribution in [3.8, 4) is 0 Å². The molecule has 2 heterocycles. The van der Waals surface area contributed by atoms with E-state index < -0.39 is 46.8 Å². The quantitative estimate of drug-likeness (QED) is 0.225. The predicted molar refractivity (Wildman–Crippen MR) is 110 cm³/mol. The van der Waals surface area contributed by atoms with Crippen molar-refractivity contribution < 1.29 is 24.1 Å². The lowest BCUT2D eigenvalue weighted by Gasteiger charge is -2.29. The lowest BCUT2D eigenvalue weighted by molar-refractivity contribution is -0.384.